The fraction of sp³-hybridized carbons (Fsp3) is 0.939. The first-order valence-corrected chi connectivity index (χ1v) is 25.1. The van der Waals surface area contributed by atoms with Gasteiger partial charge < -0.3 is 30.5 Å². The van der Waals surface area contributed by atoms with E-state index < -0.39 is 12.1 Å². The number of primary amides is 1. The number of hydrogen-bond acceptors (Lipinski definition) is 7. The molecule has 0 aliphatic carbocycles. The zero-order valence-corrected chi connectivity index (χ0v) is 38.7. The molecule has 0 aromatic heterocycles. The number of nitrogens with zero attached hydrogens (tertiary/aromatic N) is 1. The lowest BCUT2D eigenvalue weighted by Gasteiger charge is -2.25. The molecule has 0 spiro atoms. The van der Waals surface area contributed by atoms with Gasteiger partial charge >= 0.3 is 18.0 Å². The molecule has 2 amide bonds. The predicted octanol–water partition coefficient (Wildman–Crippen LogP) is 12.9. The SMILES string of the molecule is CCCCCCCCCCCOC(=O)CCCCCN(CCCCCCCC(=O)OC(CCCCCCCC)CCCCCCCC)CC(O)CCCCNC(N)=O. The van der Waals surface area contributed by atoms with E-state index in [2.05, 4.69) is 31.0 Å². The molecule has 0 aliphatic rings. The van der Waals surface area contributed by atoms with Gasteiger partial charge in [-0.1, -0.05) is 162 Å². The summed E-state index contributed by atoms with van der Waals surface area (Å²) in [6.45, 7) is 10.3. The van der Waals surface area contributed by atoms with Crippen molar-refractivity contribution in [3.05, 3.63) is 0 Å². The molecule has 0 rings (SSSR count). The number of unbranched alkanes of at least 4 members (excludes halogenated alkanes) is 25. The molecule has 0 aliphatic heterocycles. The maximum atomic E-state index is 12.8. The minimum absolute atomic E-state index is 0.0143. The van der Waals surface area contributed by atoms with Gasteiger partial charge in [0.2, 0.25) is 0 Å². The number of rotatable bonds is 46. The van der Waals surface area contributed by atoms with Crippen molar-refractivity contribution in [1.82, 2.24) is 10.2 Å². The molecule has 0 saturated carbocycles. The molecule has 344 valence electrons. The van der Waals surface area contributed by atoms with E-state index in [4.69, 9.17) is 15.2 Å². The quantitative estimate of drug-likeness (QED) is 0.0411. The van der Waals surface area contributed by atoms with E-state index in [0.29, 0.717) is 39.0 Å². The van der Waals surface area contributed by atoms with Crippen molar-refractivity contribution in [2.45, 2.75) is 264 Å². The molecule has 0 radical (unpaired) electrons. The van der Waals surface area contributed by atoms with Crippen LogP contribution >= 0.6 is 0 Å². The normalized spacial score (nSPS) is 12.0. The highest BCUT2D eigenvalue weighted by molar-refractivity contribution is 5.71. The van der Waals surface area contributed by atoms with Gasteiger partial charge in [-0.2, -0.15) is 0 Å². The topological polar surface area (TPSA) is 131 Å². The Bertz CT molecular complexity index is 890. The first-order chi connectivity index (χ1) is 28.3. The van der Waals surface area contributed by atoms with E-state index in [0.717, 1.165) is 116 Å². The number of nitrogens with one attached hydrogen (secondary N) is 1. The van der Waals surface area contributed by atoms with Crippen molar-refractivity contribution < 1.29 is 29.0 Å². The van der Waals surface area contributed by atoms with Crippen LogP contribution in [0.4, 0.5) is 4.79 Å². The summed E-state index contributed by atoms with van der Waals surface area (Å²) in [5, 5.41) is 13.4. The second kappa shape index (κ2) is 44.7. The highest BCUT2D eigenvalue weighted by Gasteiger charge is 2.15. The fourth-order valence-electron chi connectivity index (χ4n) is 7.80. The minimum atomic E-state index is -0.509. The Labute approximate surface area is 358 Å². The van der Waals surface area contributed by atoms with Crippen molar-refractivity contribution in [3.8, 4) is 0 Å². The first kappa shape index (κ1) is 56.1. The summed E-state index contributed by atoms with van der Waals surface area (Å²) >= 11 is 0. The Kier molecular flexibility index (Phi) is 43.2. The van der Waals surface area contributed by atoms with E-state index in [9.17, 15) is 19.5 Å². The summed E-state index contributed by atoms with van der Waals surface area (Å²) in [5.74, 6) is -0.0910. The molecule has 0 aromatic rings. The maximum absolute atomic E-state index is 12.8. The molecular formula is C49H97N3O6. The van der Waals surface area contributed by atoms with E-state index in [-0.39, 0.29) is 18.0 Å². The molecule has 0 bridgehead atoms. The number of aliphatic hydroxyl groups excluding tert-OH is 1. The summed E-state index contributed by atoms with van der Waals surface area (Å²) in [6.07, 6.45) is 39.4. The summed E-state index contributed by atoms with van der Waals surface area (Å²) in [4.78, 5) is 38.4. The first-order valence-electron chi connectivity index (χ1n) is 25.1. The molecule has 0 fully saturated rings. The lowest BCUT2D eigenvalue weighted by atomic mass is 10.0. The lowest BCUT2D eigenvalue weighted by molar-refractivity contribution is -0.150. The molecule has 9 heteroatoms. The number of urea groups is 1. The highest BCUT2D eigenvalue weighted by atomic mass is 16.5. The van der Waals surface area contributed by atoms with Crippen molar-refractivity contribution in [1.29, 1.82) is 0 Å². The largest absolute Gasteiger partial charge is 0.466 e. The van der Waals surface area contributed by atoms with Crippen LogP contribution in [0.25, 0.3) is 0 Å². The molecule has 58 heavy (non-hydrogen) atoms. The minimum Gasteiger partial charge on any atom is -0.466 e. The Morgan fingerprint density at radius 2 is 0.931 bits per heavy atom. The second-order valence-corrected chi connectivity index (χ2v) is 17.3. The third-order valence-corrected chi connectivity index (χ3v) is 11.5. The third kappa shape index (κ3) is 42.3. The second-order valence-electron chi connectivity index (χ2n) is 17.3. The van der Waals surface area contributed by atoms with Gasteiger partial charge in [-0.05, 0) is 90.1 Å². The van der Waals surface area contributed by atoms with Gasteiger partial charge in [0.1, 0.15) is 6.10 Å². The Morgan fingerprint density at radius 3 is 1.45 bits per heavy atom. The summed E-state index contributed by atoms with van der Waals surface area (Å²) < 4.78 is 11.5. The number of esters is 2. The van der Waals surface area contributed by atoms with Crippen LogP contribution in [0.5, 0.6) is 0 Å². The van der Waals surface area contributed by atoms with Crippen molar-refractivity contribution in [3.63, 3.8) is 0 Å². The van der Waals surface area contributed by atoms with Gasteiger partial charge in [-0.15, -0.1) is 0 Å². The molecule has 1 unspecified atom stereocenters. The Balaban J connectivity index is 4.48. The monoisotopic (exact) mass is 824 g/mol. The lowest BCUT2D eigenvalue weighted by Crippen LogP contribution is -2.34. The van der Waals surface area contributed by atoms with Gasteiger partial charge in [0.25, 0.3) is 0 Å². The van der Waals surface area contributed by atoms with E-state index >= 15 is 0 Å². The molecule has 0 aromatic carbocycles. The molecule has 1 atom stereocenters. The zero-order valence-electron chi connectivity index (χ0n) is 38.7. The van der Waals surface area contributed by atoms with Crippen LogP contribution in [-0.4, -0.2) is 73.0 Å². The number of aliphatic hydroxyl groups is 1. The van der Waals surface area contributed by atoms with Crippen LogP contribution in [0, 0.1) is 0 Å². The van der Waals surface area contributed by atoms with Crippen LogP contribution in [0.1, 0.15) is 252 Å². The number of nitrogens with two attached hydrogens (primary N) is 1. The highest BCUT2D eigenvalue weighted by Crippen LogP contribution is 2.19. The van der Waals surface area contributed by atoms with E-state index in [1.807, 2.05) is 0 Å². The number of ether oxygens (including phenoxy) is 2. The Morgan fingerprint density at radius 1 is 0.517 bits per heavy atom. The number of amides is 2. The van der Waals surface area contributed by atoms with Crippen LogP contribution < -0.4 is 11.1 Å². The van der Waals surface area contributed by atoms with Gasteiger partial charge in [-0.3, -0.25) is 9.59 Å². The molecule has 9 nitrogen and oxygen atoms in total. The Hall–Kier alpha value is -1.87. The van der Waals surface area contributed by atoms with Gasteiger partial charge in [0.05, 0.1) is 12.7 Å². The molecule has 0 heterocycles. The number of carbonyl (C=O) groups is 3. The van der Waals surface area contributed by atoms with Gasteiger partial charge in [0, 0.05) is 25.9 Å². The number of hydrogen-bond donors (Lipinski definition) is 3. The van der Waals surface area contributed by atoms with E-state index in [1.54, 1.807) is 0 Å². The standard InChI is InChI=1S/C49H97N3O6/c1-4-7-10-13-16-17-18-24-34-43-57-47(54)38-29-25-33-42-52(44-45(53)35-30-31-40-51-49(50)56)41-32-23-19-22-28-39-48(55)58-46(36-26-20-14-11-8-5-2)37-27-21-15-12-9-6-3/h45-46,53H,4-44H2,1-3H3,(H3,50,51,56). The molecular weight excluding hydrogens is 727 g/mol. The summed E-state index contributed by atoms with van der Waals surface area (Å²) in [7, 11) is 0. The smallest absolute Gasteiger partial charge is 0.312 e. The van der Waals surface area contributed by atoms with Crippen molar-refractivity contribution >= 4 is 18.0 Å². The summed E-state index contributed by atoms with van der Waals surface area (Å²) in [6, 6.07) is -0.509. The predicted molar refractivity (Wildman–Crippen MR) is 244 cm³/mol. The van der Waals surface area contributed by atoms with Crippen molar-refractivity contribution in [2.24, 2.45) is 5.73 Å². The van der Waals surface area contributed by atoms with E-state index in [1.165, 1.54) is 109 Å². The average molecular weight is 824 g/mol. The third-order valence-electron chi connectivity index (χ3n) is 11.5. The maximum Gasteiger partial charge on any atom is 0.312 e. The van der Waals surface area contributed by atoms with Crippen LogP contribution in [-0.2, 0) is 19.1 Å². The van der Waals surface area contributed by atoms with Crippen LogP contribution in [0.15, 0.2) is 0 Å². The summed E-state index contributed by atoms with van der Waals surface area (Å²) in [5.41, 5.74) is 5.16. The molecule has 0 saturated heterocycles. The fourth-order valence-corrected chi connectivity index (χ4v) is 7.80. The zero-order chi connectivity index (χ0) is 42.6. The molecule has 4 N–H and O–H groups in total. The van der Waals surface area contributed by atoms with Crippen LogP contribution in [0.2, 0.25) is 0 Å². The van der Waals surface area contributed by atoms with Crippen molar-refractivity contribution in [2.75, 3.05) is 32.8 Å². The van der Waals surface area contributed by atoms with Gasteiger partial charge in [-0.25, -0.2) is 4.79 Å². The number of carbonyl (C=O) groups excluding carboxylic acids is 3. The average Bonchev–Trinajstić information content (AvgIpc) is 3.20. The van der Waals surface area contributed by atoms with Gasteiger partial charge in [0.15, 0.2) is 0 Å². The van der Waals surface area contributed by atoms with Crippen LogP contribution in [0.3, 0.4) is 0 Å².